The lowest BCUT2D eigenvalue weighted by molar-refractivity contribution is -0.120. The zero-order valence-electron chi connectivity index (χ0n) is 12.8. The Balaban J connectivity index is 2.09. The standard InChI is InChI=1S/C16H21BrN4O/c1-3-8-16(2,18)14(22)20-15-19-9-10-21(15)11-12-4-6-13(17)7-5-12/h4-7,9-10H,3,8,11,18H2,1-2H3,(H,19,20,22). The van der Waals surface area contributed by atoms with E-state index in [1.165, 1.54) is 0 Å². The van der Waals surface area contributed by atoms with Crippen LogP contribution in [0.4, 0.5) is 5.95 Å². The van der Waals surface area contributed by atoms with Gasteiger partial charge in [-0.2, -0.15) is 0 Å². The first-order valence-corrected chi connectivity index (χ1v) is 8.07. The molecule has 5 nitrogen and oxygen atoms in total. The van der Waals surface area contributed by atoms with Gasteiger partial charge in [0.1, 0.15) is 0 Å². The molecule has 0 radical (unpaired) electrons. The van der Waals surface area contributed by atoms with Crippen LogP contribution in [0.5, 0.6) is 0 Å². The van der Waals surface area contributed by atoms with Gasteiger partial charge in [-0.05, 0) is 31.0 Å². The normalized spacial score (nSPS) is 13.6. The summed E-state index contributed by atoms with van der Waals surface area (Å²) in [5, 5.41) is 2.83. The smallest absolute Gasteiger partial charge is 0.246 e. The van der Waals surface area contributed by atoms with Crippen molar-refractivity contribution in [3.8, 4) is 0 Å². The van der Waals surface area contributed by atoms with Crippen LogP contribution in [0.1, 0.15) is 32.3 Å². The summed E-state index contributed by atoms with van der Waals surface area (Å²) in [7, 11) is 0. The van der Waals surface area contributed by atoms with Gasteiger partial charge < -0.3 is 10.3 Å². The second-order valence-electron chi connectivity index (χ2n) is 5.63. The van der Waals surface area contributed by atoms with Crippen LogP contribution in [0.3, 0.4) is 0 Å². The van der Waals surface area contributed by atoms with Crippen molar-refractivity contribution in [3.63, 3.8) is 0 Å². The van der Waals surface area contributed by atoms with Gasteiger partial charge in [0.05, 0.1) is 12.1 Å². The van der Waals surface area contributed by atoms with Crippen LogP contribution in [0.2, 0.25) is 0 Å². The van der Waals surface area contributed by atoms with Gasteiger partial charge in [-0.3, -0.25) is 10.1 Å². The Kier molecular flexibility index (Phi) is 5.37. The fourth-order valence-corrected chi connectivity index (χ4v) is 2.49. The summed E-state index contributed by atoms with van der Waals surface area (Å²) in [6.45, 7) is 4.39. The molecular weight excluding hydrogens is 344 g/mol. The molecule has 1 heterocycles. The second kappa shape index (κ2) is 7.07. The van der Waals surface area contributed by atoms with E-state index in [-0.39, 0.29) is 5.91 Å². The SMILES string of the molecule is CCCC(C)(N)C(=O)Nc1nccn1Cc1ccc(Br)cc1. The van der Waals surface area contributed by atoms with E-state index < -0.39 is 5.54 Å². The predicted octanol–water partition coefficient (Wildman–Crippen LogP) is 3.15. The van der Waals surface area contributed by atoms with Crippen LogP contribution in [0, 0.1) is 0 Å². The predicted molar refractivity (Wildman–Crippen MR) is 91.6 cm³/mol. The van der Waals surface area contributed by atoms with Crippen molar-refractivity contribution >= 4 is 27.8 Å². The summed E-state index contributed by atoms with van der Waals surface area (Å²) >= 11 is 3.42. The van der Waals surface area contributed by atoms with Crippen molar-refractivity contribution in [2.45, 2.75) is 38.8 Å². The van der Waals surface area contributed by atoms with Crippen molar-refractivity contribution in [1.29, 1.82) is 0 Å². The highest BCUT2D eigenvalue weighted by Gasteiger charge is 2.28. The summed E-state index contributed by atoms with van der Waals surface area (Å²) in [4.78, 5) is 16.5. The number of anilines is 1. The van der Waals surface area contributed by atoms with Crippen molar-refractivity contribution in [1.82, 2.24) is 9.55 Å². The van der Waals surface area contributed by atoms with Gasteiger partial charge in [-0.15, -0.1) is 0 Å². The number of benzene rings is 1. The first kappa shape index (κ1) is 16.7. The maximum Gasteiger partial charge on any atom is 0.246 e. The Labute approximate surface area is 139 Å². The molecule has 0 aliphatic carbocycles. The number of halogens is 1. The molecule has 1 amide bonds. The molecular formula is C16H21BrN4O. The van der Waals surface area contributed by atoms with E-state index in [1.54, 1.807) is 13.1 Å². The lowest BCUT2D eigenvalue weighted by atomic mass is 9.97. The van der Waals surface area contributed by atoms with Crippen molar-refractivity contribution in [3.05, 3.63) is 46.7 Å². The summed E-state index contributed by atoms with van der Waals surface area (Å²) < 4.78 is 2.93. The molecule has 3 N–H and O–H groups in total. The van der Waals surface area contributed by atoms with Gasteiger partial charge in [0.25, 0.3) is 0 Å². The molecule has 0 aliphatic heterocycles. The van der Waals surface area contributed by atoms with Crippen LogP contribution in [0.15, 0.2) is 41.1 Å². The third kappa shape index (κ3) is 4.18. The number of hydrogen-bond donors (Lipinski definition) is 2. The molecule has 0 saturated carbocycles. The van der Waals surface area contributed by atoms with Gasteiger partial charge >= 0.3 is 0 Å². The Hall–Kier alpha value is -1.66. The fourth-order valence-electron chi connectivity index (χ4n) is 2.22. The molecule has 1 aromatic heterocycles. The number of imidazole rings is 1. The van der Waals surface area contributed by atoms with Crippen LogP contribution in [-0.4, -0.2) is 21.0 Å². The molecule has 0 spiro atoms. The number of rotatable bonds is 6. The largest absolute Gasteiger partial charge is 0.318 e. The molecule has 0 aliphatic rings. The minimum absolute atomic E-state index is 0.211. The Morgan fingerprint density at radius 2 is 2.09 bits per heavy atom. The van der Waals surface area contributed by atoms with Gasteiger partial charge in [0.15, 0.2) is 0 Å². The van der Waals surface area contributed by atoms with E-state index in [4.69, 9.17) is 5.73 Å². The molecule has 2 aromatic rings. The molecule has 22 heavy (non-hydrogen) atoms. The quantitative estimate of drug-likeness (QED) is 0.826. The van der Waals surface area contributed by atoms with Crippen LogP contribution in [0.25, 0.3) is 0 Å². The highest BCUT2D eigenvalue weighted by atomic mass is 79.9. The maximum atomic E-state index is 12.3. The molecule has 0 fully saturated rings. The Morgan fingerprint density at radius 1 is 1.41 bits per heavy atom. The first-order valence-electron chi connectivity index (χ1n) is 7.28. The summed E-state index contributed by atoms with van der Waals surface area (Å²) in [5.74, 6) is 0.304. The van der Waals surface area contributed by atoms with Crippen LogP contribution in [-0.2, 0) is 11.3 Å². The maximum absolute atomic E-state index is 12.3. The lowest BCUT2D eigenvalue weighted by Crippen LogP contribution is -2.48. The average Bonchev–Trinajstić information content (AvgIpc) is 2.88. The van der Waals surface area contributed by atoms with Crippen LogP contribution < -0.4 is 11.1 Å². The van der Waals surface area contributed by atoms with Gasteiger partial charge in [0.2, 0.25) is 11.9 Å². The minimum Gasteiger partial charge on any atom is -0.318 e. The van der Waals surface area contributed by atoms with E-state index in [0.717, 1.165) is 16.5 Å². The highest BCUT2D eigenvalue weighted by Crippen LogP contribution is 2.16. The van der Waals surface area contributed by atoms with E-state index in [2.05, 4.69) is 26.2 Å². The van der Waals surface area contributed by atoms with E-state index in [0.29, 0.717) is 18.9 Å². The average molecular weight is 365 g/mol. The van der Waals surface area contributed by atoms with Crippen molar-refractivity contribution in [2.24, 2.45) is 5.73 Å². The van der Waals surface area contributed by atoms with Gasteiger partial charge in [-0.25, -0.2) is 4.98 Å². The topological polar surface area (TPSA) is 72.9 Å². The number of aromatic nitrogens is 2. The number of carbonyl (C=O) groups is 1. The Bertz CT molecular complexity index is 634. The molecule has 6 heteroatoms. The summed E-state index contributed by atoms with van der Waals surface area (Å²) in [5.41, 5.74) is 6.29. The van der Waals surface area contributed by atoms with Gasteiger partial charge in [0, 0.05) is 16.9 Å². The third-order valence-corrected chi connectivity index (χ3v) is 4.02. The van der Waals surface area contributed by atoms with Crippen molar-refractivity contribution in [2.75, 3.05) is 5.32 Å². The Morgan fingerprint density at radius 3 is 2.73 bits per heavy atom. The number of nitrogens with one attached hydrogen (secondary N) is 1. The zero-order valence-corrected chi connectivity index (χ0v) is 14.4. The zero-order chi connectivity index (χ0) is 16.2. The van der Waals surface area contributed by atoms with E-state index >= 15 is 0 Å². The molecule has 0 bridgehead atoms. The highest BCUT2D eigenvalue weighted by molar-refractivity contribution is 9.10. The number of hydrogen-bond acceptors (Lipinski definition) is 3. The van der Waals surface area contributed by atoms with Gasteiger partial charge in [-0.1, -0.05) is 41.4 Å². The molecule has 0 saturated heterocycles. The number of amides is 1. The molecule has 118 valence electrons. The summed E-state index contributed by atoms with van der Waals surface area (Å²) in [6.07, 6.45) is 4.99. The molecule has 2 rings (SSSR count). The van der Waals surface area contributed by atoms with Crippen LogP contribution >= 0.6 is 15.9 Å². The van der Waals surface area contributed by atoms with E-state index in [9.17, 15) is 4.79 Å². The lowest BCUT2D eigenvalue weighted by Gasteiger charge is -2.22. The molecule has 1 unspecified atom stereocenters. The summed E-state index contributed by atoms with van der Waals surface area (Å²) in [6, 6.07) is 8.03. The second-order valence-corrected chi connectivity index (χ2v) is 6.54. The minimum atomic E-state index is -0.886. The molecule has 1 aromatic carbocycles. The van der Waals surface area contributed by atoms with Crippen molar-refractivity contribution < 1.29 is 4.79 Å². The van der Waals surface area contributed by atoms with E-state index in [1.807, 2.05) is 42.0 Å². The molecule has 1 atom stereocenters. The number of nitrogens with two attached hydrogens (primary N) is 1. The number of nitrogens with zero attached hydrogens (tertiary/aromatic N) is 2. The fraction of sp³-hybridized carbons (Fsp3) is 0.375. The number of carbonyl (C=O) groups excluding carboxylic acids is 1. The first-order chi connectivity index (χ1) is 10.4. The third-order valence-electron chi connectivity index (χ3n) is 3.50. The monoisotopic (exact) mass is 364 g/mol.